The third-order valence-electron chi connectivity index (χ3n) is 3.87. The van der Waals surface area contributed by atoms with Gasteiger partial charge in [-0.05, 0) is 24.5 Å². The average Bonchev–Trinajstić information content (AvgIpc) is 2.70. The molecule has 0 aliphatic rings. The lowest BCUT2D eigenvalue weighted by Crippen LogP contribution is -2.39. The molecule has 0 aromatic heterocycles. The number of alkyl halides is 3. The van der Waals surface area contributed by atoms with Crippen LogP contribution in [0.15, 0.2) is 29.3 Å². The summed E-state index contributed by atoms with van der Waals surface area (Å²) in [7, 11) is 0. The van der Waals surface area contributed by atoms with E-state index in [1.165, 1.54) is 0 Å². The van der Waals surface area contributed by atoms with E-state index in [0.29, 0.717) is 44.4 Å². The maximum absolute atomic E-state index is 12.1. The predicted molar refractivity (Wildman–Crippen MR) is 127 cm³/mol. The Morgan fingerprint density at radius 2 is 1.55 bits per heavy atom. The molecule has 180 valence electrons. The molecule has 6 nitrogen and oxygen atoms in total. The molecule has 0 bridgehead atoms. The average molecular weight is 561 g/mol. The monoisotopic (exact) mass is 561 g/mol. The van der Waals surface area contributed by atoms with Crippen LogP contribution in [0.3, 0.4) is 0 Å². The van der Waals surface area contributed by atoms with Crippen LogP contribution in [0.4, 0.5) is 13.2 Å². The van der Waals surface area contributed by atoms with E-state index in [4.69, 9.17) is 9.47 Å². The highest BCUT2D eigenvalue weighted by Crippen LogP contribution is 2.16. The van der Waals surface area contributed by atoms with E-state index in [1.807, 2.05) is 19.1 Å². The highest BCUT2D eigenvalue weighted by atomic mass is 127. The number of nitrogens with zero attached hydrogens (tertiary/aromatic N) is 1. The summed E-state index contributed by atoms with van der Waals surface area (Å²) in [5, 5.41) is 6.37. The number of unbranched alkanes of at least 4 members (excludes halogenated alkanes) is 1. The van der Waals surface area contributed by atoms with Crippen LogP contribution in [0, 0.1) is 0 Å². The maximum Gasteiger partial charge on any atom is 0.411 e. The Kier molecular flexibility index (Phi) is 17.8. The van der Waals surface area contributed by atoms with E-state index in [1.54, 1.807) is 12.1 Å². The second-order valence-corrected chi connectivity index (χ2v) is 6.62. The second-order valence-electron chi connectivity index (χ2n) is 6.62. The molecule has 10 heteroatoms. The molecule has 0 aliphatic carbocycles. The van der Waals surface area contributed by atoms with Gasteiger partial charge in [-0.15, -0.1) is 24.0 Å². The lowest BCUT2D eigenvalue weighted by atomic mass is 10.1. The second kappa shape index (κ2) is 18.5. The van der Waals surface area contributed by atoms with Gasteiger partial charge in [-0.25, -0.2) is 4.99 Å². The van der Waals surface area contributed by atoms with Gasteiger partial charge >= 0.3 is 6.18 Å². The molecule has 0 fully saturated rings. The summed E-state index contributed by atoms with van der Waals surface area (Å²) in [5.74, 6) is 0.679. The van der Waals surface area contributed by atoms with E-state index >= 15 is 0 Å². The van der Waals surface area contributed by atoms with Crippen LogP contribution in [-0.2, 0) is 27.4 Å². The minimum atomic E-state index is -4.31. The molecule has 0 unspecified atom stereocenters. The molecule has 0 saturated carbocycles. The van der Waals surface area contributed by atoms with Crippen molar-refractivity contribution in [3.05, 3.63) is 35.4 Å². The van der Waals surface area contributed by atoms with Gasteiger partial charge < -0.3 is 24.8 Å². The van der Waals surface area contributed by atoms with Crippen molar-refractivity contribution in [3.8, 4) is 0 Å². The summed E-state index contributed by atoms with van der Waals surface area (Å²) in [6.07, 6.45) is -2.12. The standard InChI is InChI=1S/C21H34F3N3O3.HI/c1-3-5-11-28-13-14-29-12-10-26-20(25-4-2)27-15-18-6-8-19(9-7-18)16-30-17-21(22,23)24;/h6-9H,3-5,10-17H2,1-2H3,(H2,25,26,27);1H. The van der Waals surface area contributed by atoms with Gasteiger partial charge in [0, 0.05) is 19.7 Å². The van der Waals surface area contributed by atoms with Crippen molar-refractivity contribution in [2.45, 2.75) is 46.0 Å². The van der Waals surface area contributed by atoms with Crippen molar-refractivity contribution in [1.29, 1.82) is 0 Å². The van der Waals surface area contributed by atoms with Gasteiger partial charge in [-0.1, -0.05) is 37.6 Å². The third kappa shape index (κ3) is 17.2. The van der Waals surface area contributed by atoms with Crippen LogP contribution in [0.1, 0.15) is 37.8 Å². The van der Waals surface area contributed by atoms with Crippen molar-refractivity contribution >= 4 is 29.9 Å². The fourth-order valence-corrected chi connectivity index (χ4v) is 2.35. The molecular formula is C21H35F3IN3O3. The Labute approximate surface area is 200 Å². The van der Waals surface area contributed by atoms with Crippen LogP contribution < -0.4 is 10.6 Å². The van der Waals surface area contributed by atoms with Gasteiger partial charge in [0.15, 0.2) is 5.96 Å². The number of aliphatic imine (C=N–C) groups is 1. The maximum atomic E-state index is 12.1. The molecular weight excluding hydrogens is 526 g/mol. The molecule has 1 aromatic rings. The first-order valence-corrected chi connectivity index (χ1v) is 10.3. The van der Waals surface area contributed by atoms with Crippen LogP contribution in [0.2, 0.25) is 0 Å². The highest BCUT2D eigenvalue weighted by Gasteiger charge is 2.27. The summed E-state index contributed by atoms with van der Waals surface area (Å²) in [6.45, 7) is 7.09. The summed E-state index contributed by atoms with van der Waals surface area (Å²) in [4.78, 5) is 4.51. The van der Waals surface area contributed by atoms with Crippen LogP contribution in [-0.4, -0.2) is 58.3 Å². The minimum absolute atomic E-state index is 0. The number of hydrogen-bond acceptors (Lipinski definition) is 4. The Morgan fingerprint density at radius 1 is 0.903 bits per heavy atom. The van der Waals surface area contributed by atoms with Gasteiger partial charge in [0.05, 0.1) is 33.0 Å². The Balaban J connectivity index is 0.00000900. The molecule has 31 heavy (non-hydrogen) atoms. The minimum Gasteiger partial charge on any atom is -0.379 e. The van der Waals surface area contributed by atoms with Crippen molar-refractivity contribution < 1.29 is 27.4 Å². The van der Waals surface area contributed by atoms with Gasteiger partial charge in [0.25, 0.3) is 0 Å². The van der Waals surface area contributed by atoms with E-state index in [0.717, 1.165) is 31.6 Å². The fourth-order valence-electron chi connectivity index (χ4n) is 2.35. The number of rotatable bonds is 15. The molecule has 0 radical (unpaired) electrons. The zero-order chi connectivity index (χ0) is 22.1. The molecule has 0 spiro atoms. The molecule has 0 heterocycles. The fraction of sp³-hybridized carbons (Fsp3) is 0.667. The predicted octanol–water partition coefficient (Wildman–Crippen LogP) is 4.27. The summed E-state index contributed by atoms with van der Waals surface area (Å²) in [5.41, 5.74) is 1.64. The van der Waals surface area contributed by atoms with E-state index in [2.05, 4.69) is 27.3 Å². The third-order valence-corrected chi connectivity index (χ3v) is 3.87. The molecule has 1 aromatic carbocycles. The number of guanidine groups is 1. The van der Waals surface area contributed by atoms with Gasteiger partial charge in [0.1, 0.15) is 6.61 Å². The first kappa shape index (κ1) is 29.9. The van der Waals surface area contributed by atoms with E-state index in [-0.39, 0.29) is 30.6 Å². The number of nitrogens with one attached hydrogen (secondary N) is 2. The first-order chi connectivity index (χ1) is 14.4. The first-order valence-electron chi connectivity index (χ1n) is 10.3. The number of hydrogen-bond donors (Lipinski definition) is 2. The van der Waals surface area contributed by atoms with Crippen molar-refractivity contribution in [1.82, 2.24) is 10.6 Å². The largest absolute Gasteiger partial charge is 0.411 e. The number of halogens is 4. The van der Waals surface area contributed by atoms with Crippen molar-refractivity contribution in [3.63, 3.8) is 0 Å². The van der Waals surface area contributed by atoms with E-state index in [9.17, 15) is 13.2 Å². The number of ether oxygens (including phenoxy) is 3. The molecule has 2 N–H and O–H groups in total. The zero-order valence-electron chi connectivity index (χ0n) is 18.3. The van der Waals surface area contributed by atoms with Crippen LogP contribution in [0.25, 0.3) is 0 Å². The number of benzene rings is 1. The molecule has 1 rings (SSSR count). The molecule has 0 amide bonds. The normalized spacial score (nSPS) is 11.8. The molecule has 0 saturated heterocycles. The smallest absolute Gasteiger partial charge is 0.379 e. The summed E-state index contributed by atoms with van der Waals surface area (Å²) < 4.78 is 51.9. The zero-order valence-corrected chi connectivity index (χ0v) is 20.6. The lowest BCUT2D eigenvalue weighted by Gasteiger charge is -2.12. The Hall–Kier alpha value is -1.11. The summed E-state index contributed by atoms with van der Waals surface area (Å²) >= 11 is 0. The lowest BCUT2D eigenvalue weighted by molar-refractivity contribution is -0.176. The molecule has 0 atom stereocenters. The topological polar surface area (TPSA) is 64.1 Å². The van der Waals surface area contributed by atoms with Crippen LogP contribution >= 0.6 is 24.0 Å². The quantitative estimate of drug-likeness (QED) is 0.145. The summed E-state index contributed by atoms with van der Waals surface area (Å²) in [6, 6.07) is 7.16. The highest BCUT2D eigenvalue weighted by molar-refractivity contribution is 14.0. The van der Waals surface area contributed by atoms with Crippen molar-refractivity contribution in [2.75, 3.05) is 46.1 Å². The van der Waals surface area contributed by atoms with Crippen LogP contribution in [0.5, 0.6) is 0 Å². The van der Waals surface area contributed by atoms with Gasteiger partial charge in [-0.3, -0.25) is 0 Å². The van der Waals surface area contributed by atoms with Crippen molar-refractivity contribution in [2.24, 2.45) is 4.99 Å². The Bertz CT molecular complexity index is 587. The molecule has 0 aliphatic heterocycles. The van der Waals surface area contributed by atoms with E-state index < -0.39 is 12.8 Å². The van der Waals surface area contributed by atoms with Gasteiger partial charge in [-0.2, -0.15) is 13.2 Å². The SMILES string of the molecule is CCCCOCCOCCNC(=NCc1ccc(COCC(F)(F)F)cc1)NCC.I. The van der Waals surface area contributed by atoms with Gasteiger partial charge in [0.2, 0.25) is 0 Å². The Morgan fingerprint density at radius 3 is 2.16 bits per heavy atom.